The molecule has 0 saturated heterocycles. The number of hydrogen-bond acceptors (Lipinski definition) is 3. The molecule has 3 rings (SSSR count). The van der Waals surface area contributed by atoms with Gasteiger partial charge in [-0.3, -0.25) is 9.48 Å². The van der Waals surface area contributed by atoms with Crippen LogP contribution < -0.4 is 5.32 Å². The van der Waals surface area contributed by atoms with E-state index in [-0.39, 0.29) is 17.6 Å². The molecule has 1 N–H and O–H groups in total. The lowest BCUT2D eigenvalue weighted by atomic mass is 9.95. The summed E-state index contributed by atoms with van der Waals surface area (Å²) in [5.41, 5.74) is 3.01. The Kier molecular flexibility index (Phi) is 4.22. The predicted octanol–water partition coefficient (Wildman–Crippen LogP) is 3.28. The summed E-state index contributed by atoms with van der Waals surface area (Å²) >= 11 is 0. The molecule has 1 aromatic carbocycles. The first-order valence-electron chi connectivity index (χ1n) is 7.98. The number of ether oxygens (including phenoxy) is 1. The highest BCUT2D eigenvalue weighted by Crippen LogP contribution is 2.29. The molecular formula is C18H23N3O2. The van der Waals surface area contributed by atoms with E-state index in [1.54, 1.807) is 6.20 Å². The van der Waals surface area contributed by atoms with Crippen LogP contribution >= 0.6 is 0 Å². The van der Waals surface area contributed by atoms with E-state index < -0.39 is 0 Å². The number of nitrogens with one attached hydrogen (secondary N) is 1. The Labute approximate surface area is 136 Å². The van der Waals surface area contributed by atoms with Gasteiger partial charge in [0.2, 0.25) is 5.91 Å². The van der Waals surface area contributed by atoms with Crippen molar-refractivity contribution in [1.29, 1.82) is 0 Å². The van der Waals surface area contributed by atoms with Crippen molar-refractivity contribution in [3.8, 4) is 0 Å². The van der Waals surface area contributed by atoms with E-state index in [4.69, 9.17) is 4.74 Å². The van der Waals surface area contributed by atoms with E-state index >= 15 is 0 Å². The highest BCUT2D eigenvalue weighted by molar-refractivity contribution is 5.90. The van der Waals surface area contributed by atoms with Gasteiger partial charge in [-0.1, -0.05) is 24.3 Å². The van der Waals surface area contributed by atoms with Crippen LogP contribution in [0.2, 0.25) is 0 Å². The van der Waals surface area contributed by atoms with Crippen molar-refractivity contribution in [2.45, 2.75) is 45.3 Å². The fraction of sp³-hybridized carbons (Fsp3) is 0.444. The molecule has 2 heterocycles. The van der Waals surface area contributed by atoms with Gasteiger partial charge in [0.25, 0.3) is 0 Å². The second-order valence-electron chi connectivity index (χ2n) is 6.90. The van der Waals surface area contributed by atoms with E-state index in [2.05, 4.69) is 37.3 Å². The normalized spacial score (nSPS) is 17.6. The molecule has 0 fully saturated rings. The number of aromatic nitrogens is 2. The summed E-state index contributed by atoms with van der Waals surface area (Å²) in [6.45, 7) is 6.87. The zero-order valence-electron chi connectivity index (χ0n) is 13.9. The van der Waals surface area contributed by atoms with Crippen molar-refractivity contribution in [2.75, 3.05) is 11.9 Å². The van der Waals surface area contributed by atoms with Gasteiger partial charge in [-0.2, -0.15) is 5.10 Å². The Bertz CT molecular complexity index is 700. The quantitative estimate of drug-likeness (QED) is 0.946. The summed E-state index contributed by atoms with van der Waals surface area (Å²) in [5, 5.41) is 7.20. The SMILES string of the molecule is CC(C)(C)n1cc(NC(=O)C[C@@H]2OCCc3ccccc32)cn1. The summed E-state index contributed by atoms with van der Waals surface area (Å²) in [5.74, 6) is -0.0554. The maximum Gasteiger partial charge on any atom is 0.227 e. The largest absolute Gasteiger partial charge is 0.373 e. The predicted molar refractivity (Wildman–Crippen MR) is 89.3 cm³/mol. The Morgan fingerprint density at radius 3 is 2.91 bits per heavy atom. The molecule has 1 aromatic heterocycles. The highest BCUT2D eigenvalue weighted by atomic mass is 16.5. The molecule has 0 bridgehead atoms. The minimum Gasteiger partial charge on any atom is -0.373 e. The third kappa shape index (κ3) is 3.62. The van der Waals surface area contributed by atoms with Gasteiger partial charge in [-0.05, 0) is 38.3 Å². The van der Waals surface area contributed by atoms with Gasteiger partial charge in [0.05, 0.1) is 36.6 Å². The van der Waals surface area contributed by atoms with Gasteiger partial charge >= 0.3 is 0 Å². The second-order valence-corrected chi connectivity index (χ2v) is 6.90. The monoisotopic (exact) mass is 313 g/mol. The zero-order chi connectivity index (χ0) is 16.4. The number of hydrogen-bond donors (Lipinski definition) is 1. The fourth-order valence-electron chi connectivity index (χ4n) is 2.78. The zero-order valence-corrected chi connectivity index (χ0v) is 13.9. The number of benzene rings is 1. The van der Waals surface area contributed by atoms with Crippen molar-refractivity contribution in [2.24, 2.45) is 0 Å². The van der Waals surface area contributed by atoms with Gasteiger partial charge in [-0.15, -0.1) is 0 Å². The molecular weight excluding hydrogens is 290 g/mol. The van der Waals surface area contributed by atoms with Crippen LogP contribution in [0.3, 0.4) is 0 Å². The van der Waals surface area contributed by atoms with Gasteiger partial charge in [0.1, 0.15) is 0 Å². The van der Waals surface area contributed by atoms with Crippen molar-refractivity contribution < 1.29 is 9.53 Å². The number of anilines is 1. The lowest BCUT2D eigenvalue weighted by Crippen LogP contribution is -2.23. The number of carbonyl (C=O) groups is 1. The molecule has 2 aromatic rings. The topological polar surface area (TPSA) is 56.2 Å². The molecule has 23 heavy (non-hydrogen) atoms. The molecule has 5 nitrogen and oxygen atoms in total. The third-order valence-electron chi connectivity index (χ3n) is 4.02. The number of amides is 1. The van der Waals surface area contributed by atoms with Gasteiger partial charge in [0.15, 0.2) is 0 Å². The van der Waals surface area contributed by atoms with Crippen LogP contribution in [0.1, 0.15) is 44.4 Å². The van der Waals surface area contributed by atoms with Crippen LogP contribution in [0.15, 0.2) is 36.7 Å². The van der Waals surface area contributed by atoms with E-state index in [1.807, 2.05) is 29.1 Å². The molecule has 0 unspecified atom stereocenters. The Morgan fingerprint density at radius 2 is 2.17 bits per heavy atom. The molecule has 0 radical (unpaired) electrons. The number of nitrogens with zero attached hydrogens (tertiary/aromatic N) is 2. The van der Waals surface area contributed by atoms with Gasteiger partial charge in [0, 0.05) is 6.20 Å². The maximum absolute atomic E-state index is 12.3. The van der Waals surface area contributed by atoms with Crippen molar-refractivity contribution in [3.63, 3.8) is 0 Å². The van der Waals surface area contributed by atoms with E-state index in [0.29, 0.717) is 18.7 Å². The van der Waals surface area contributed by atoms with Crippen LogP contribution in [0.5, 0.6) is 0 Å². The minimum absolute atomic E-state index is 0.0554. The first-order valence-corrected chi connectivity index (χ1v) is 7.98. The van der Waals surface area contributed by atoms with E-state index in [0.717, 1.165) is 12.0 Å². The average molecular weight is 313 g/mol. The Morgan fingerprint density at radius 1 is 1.39 bits per heavy atom. The van der Waals surface area contributed by atoms with Gasteiger partial charge < -0.3 is 10.1 Å². The second kappa shape index (κ2) is 6.16. The van der Waals surface area contributed by atoms with Crippen LogP contribution in [0, 0.1) is 0 Å². The van der Waals surface area contributed by atoms with Crippen molar-refractivity contribution >= 4 is 11.6 Å². The smallest absolute Gasteiger partial charge is 0.227 e. The fourth-order valence-corrected chi connectivity index (χ4v) is 2.78. The van der Waals surface area contributed by atoms with Crippen molar-refractivity contribution in [1.82, 2.24) is 9.78 Å². The summed E-state index contributed by atoms with van der Waals surface area (Å²) in [7, 11) is 0. The first-order chi connectivity index (χ1) is 10.9. The number of fused-ring (bicyclic) bond motifs is 1. The third-order valence-corrected chi connectivity index (χ3v) is 4.02. The molecule has 1 atom stereocenters. The van der Waals surface area contributed by atoms with E-state index in [1.165, 1.54) is 5.56 Å². The molecule has 1 aliphatic rings. The molecule has 122 valence electrons. The minimum atomic E-state index is -0.169. The Hall–Kier alpha value is -2.14. The molecule has 5 heteroatoms. The molecule has 0 aliphatic carbocycles. The summed E-state index contributed by atoms with van der Waals surface area (Å²) in [6.07, 6.45) is 4.59. The lowest BCUT2D eigenvalue weighted by Gasteiger charge is -2.25. The van der Waals surface area contributed by atoms with E-state index in [9.17, 15) is 4.79 Å². The summed E-state index contributed by atoms with van der Waals surface area (Å²) < 4.78 is 7.63. The maximum atomic E-state index is 12.3. The van der Waals surface area contributed by atoms with Crippen LogP contribution in [0.4, 0.5) is 5.69 Å². The van der Waals surface area contributed by atoms with Crippen molar-refractivity contribution in [3.05, 3.63) is 47.8 Å². The molecule has 1 aliphatic heterocycles. The Balaban J connectivity index is 1.65. The molecule has 0 spiro atoms. The summed E-state index contributed by atoms with van der Waals surface area (Å²) in [6, 6.07) is 8.17. The standard InChI is InChI=1S/C18H23N3O2/c1-18(2,3)21-12-14(11-19-21)20-17(22)10-16-15-7-5-4-6-13(15)8-9-23-16/h4-7,11-12,16H,8-10H2,1-3H3,(H,20,22)/t16-/m0/s1. The number of rotatable bonds is 3. The average Bonchev–Trinajstić information content (AvgIpc) is 2.96. The van der Waals surface area contributed by atoms with Crippen LogP contribution in [-0.4, -0.2) is 22.3 Å². The van der Waals surface area contributed by atoms with Gasteiger partial charge in [-0.25, -0.2) is 0 Å². The highest BCUT2D eigenvalue weighted by Gasteiger charge is 2.23. The molecule has 0 saturated carbocycles. The summed E-state index contributed by atoms with van der Waals surface area (Å²) in [4.78, 5) is 12.3. The van der Waals surface area contributed by atoms with Crippen LogP contribution in [0.25, 0.3) is 0 Å². The lowest BCUT2D eigenvalue weighted by molar-refractivity contribution is -0.119. The molecule has 1 amide bonds. The van der Waals surface area contributed by atoms with Crippen LogP contribution in [-0.2, 0) is 21.5 Å². The number of carbonyl (C=O) groups excluding carboxylic acids is 1. The first kappa shape index (κ1) is 15.7.